The van der Waals surface area contributed by atoms with Gasteiger partial charge in [0, 0.05) is 13.0 Å². The Bertz CT molecular complexity index is 894. The number of carbonyl (C=O) groups is 2. The number of hydrogen-bond donors (Lipinski definition) is 3. The standard InChI is InChI=1S/C29H42N2O4/c1-21(2)16-17-30-26(32)20-24(18-22-12-8-6-9-13-22)27(33)25(19-23-14-10-7-11-15-23)31-28(34)35-29(3,4)5/h6-15,21,24-25,27,33H,16-20H2,1-5H3,(H,30,32)(H,31,34). The summed E-state index contributed by atoms with van der Waals surface area (Å²) in [4.78, 5) is 25.4. The molecular formula is C29H42N2O4. The summed E-state index contributed by atoms with van der Waals surface area (Å²) in [6.07, 6.45) is 0.447. The van der Waals surface area contributed by atoms with Crippen molar-refractivity contribution in [2.45, 2.75) is 78.0 Å². The second-order valence-corrected chi connectivity index (χ2v) is 10.6. The third kappa shape index (κ3) is 11.4. The van der Waals surface area contributed by atoms with E-state index >= 15 is 0 Å². The molecule has 0 aliphatic heterocycles. The molecule has 0 fully saturated rings. The average Bonchev–Trinajstić information content (AvgIpc) is 2.77. The molecule has 0 aromatic heterocycles. The van der Waals surface area contributed by atoms with Crippen LogP contribution in [0, 0.1) is 11.8 Å². The zero-order valence-electron chi connectivity index (χ0n) is 21.8. The van der Waals surface area contributed by atoms with Gasteiger partial charge in [0.2, 0.25) is 5.91 Å². The first-order valence-corrected chi connectivity index (χ1v) is 12.6. The van der Waals surface area contributed by atoms with E-state index in [0.717, 1.165) is 17.5 Å². The van der Waals surface area contributed by atoms with Crippen LogP contribution in [-0.2, 0) is 22.4 Å². The van der Waals surface area contributed by atoms with Gasteiger partial charge in [-0.1, -0.05) is 74.5 Å². The van der Waals surface area contributed by atoms with Crippen LogP contribution in [0.15, 0.2) is 60.7 Å². The summed E-state index contributed by atoms with van der Waals surface area (Å²) in [6.45, 7) is 10.2. The number of benzene rings is 2. The average molecular weight is 483 g/mol. The number of aliphatic hydroxyl groups excluding tert-OH is 1. The summed E-state index contributed by atoms with van der Waals surface area (Å²) in [7, 11) is 0. The van der Waals surface area contributed by atoms with Crippen molar-refractivity contribution in [3.8, 4) is 0 Å². The van der Waals surface area contributed by atoms with E-state index in [2.05, 4.69) is 24.5 Å². The summed E-state index contributed by atoms with van der Waals surface area (Å²) in [5.41, 5.74) is 1.35. The fourth-order valence-electron chi connectivity index (χ4n) is 3.95. The van der Waals surface area contributed by atoms with Gasteiger partial charge < -0.3 is 20.5 Å². The van der Waals surface area contributed by atoms with Gasteiger partial charge in [0.1, 0.15) is 5.60 Å². The van der Waals surface area contributed by atoms with Crippen LogP contribution < -0.4 is 10.6 Å². The highest BCUT2D eigenvalue weighted by Crippen LogP contribution is 2.22. The second kappa shape index (κ2) is 13.9. The predicted molar refractivity (Wildman–Crippen MR) is 140 cm³/mol. The molecule has 2 aromatic carbocycles. The summed E-state index contributed by atoms with van der Waals surface area (Å²) in [5.74, 6) is 0.00995. The Hall–Kier alpha value is -2.86. The molecule has 0 spiro atoms. The Morgan fingerprint density at radius 2 is 1.46 bits per heavy atom. The number of carbonyl (C=O) groups excluding carboxylic acids is 2. The minimum Gasteiger partial charge on any atom is -0.444 e. The van der Waals surface area contributed by atoms with Crippen molar-refractivity contribution in [3.63, 3.8) is 0 Å². The van der Waals surface area contributed by atoms with Crippen molar-refractivity contribution < 1.29 is 19.4 Å². The SMILES string of the molecule is CC(C)CCNC(=O)CC(Cc1ccccc1)C(O)C(Cc1ccccc1)NC(=O)OC(C)(C)C. The molecule has 6 nitrogen and oxygen atoms in total. The maximum atomic E-state index is 12.8. The van der Waals surface area contributed by atoms with Crippen LogP contribution in [0.4, 0.5) is 4.79 Å². The Labute approximate surface area is 210 Å². The predicted octanol–water partition coefficient (Wildman–Crippen LogP) is 4.89. The molecule has 2 aromatic rings. The molecule has 35 heavy (non-hydrogen) atoms. The van der Waals surface area contributed by atoms with Crippen molar-refractivity contribution in [2.75, 3.05) is 6.54 Å². The number of alkyl carbamates (subject to hydrolysis) is 1. The van der Waals surface area contributed by atoms with Crippen LogP contribution in [0.25, 0.3) is 0 Å². The van der Waals surface area contributed by atoms with Crippen LogP contribution in [-0.4, -0.2) is 41.4 Å². The molecule has 0 bridgehead atoms. The smallest absolute Gasteiger partial charge is 0.407 e. The quantitative estimate of drug-likeness (QED) is 0.402. The van der Waals surface area contributed by atoms with Crippen LogP contribution in [0.5, 0.6) is 0 Å². The topological polar surface area (TPSA) is 87.7 Å². The van der Waals surface area contributed by atoms with Gasteiger partial charge in [-0.15, -0.1) is 0 Å². The maximum absolute atomic E-state index is 12.8. The van der Waals surface area contributed by atoms with Gasteiger partial charge in [0.05, 0.1) is 12.1 Å². The fourth-order valence-corrected chi connectivity index (χ4v) is 3.95. The van der Waals surface area contributed by atoms with Gasteiger partial charge >= 0.3 is 6.09 Å². The van der Waals surface area contributed by atoms with Gasteiger partial charge in [-0.2, -0.15) is 0 Å². The lowest BCUT2D eigenvalue weighted by Gasteiger charge is -2.31. The molecule has 0 radical (unpaired) electrons. The summed E-state index contributed by atoms with van der Waals surface area (Å²) in [5, 5.41) is 17.4. The summed E-state index contributed by atoms with van der Waals surface area (Å²) < 4.78 is 5.47. The van der Waals surface area contributed by atoms with Crippen molar-refractivity contribution in [1.82, 2.24) is 10.6 Å². The normalized spacial score (nSPS) is 14.1. The molecule has 2 rings (SSSR count). The third-order valence-corrected chi connectivity index (χ3v) is 5.73. The minimum atomic E-state index is -0.959. The lowest BCUT2D eigenvalue weighted by atomic mass is 9.85. The van der Waals surface area contributed by atoms with E-state index in [4.69, 9.17) is 4.74 Å². The van der Waals surface area contributed by atoms with Crippen LogP contribution in [0.1, 0.15) is 58.6 Å². The van der Waals surface area contributed by atoms with E-state index in [1.54, 1.807) is 20.8 Å². The number of rotatable bonds is 12. The second-order valence-electron chi connectivity index (χ2n) is 10.6. The minimum absolute atomic E-state index is 0.0960. The van der Waals surface area contributed by atoms with Gasteiger partial charge in [-0.05, 0) is 63.0 Å². The third-order valence-electron chi connectivity index (χ3n) is 5.73. The maximum Gasteiger partial charge on any atom is 0.407 e. The fraction of sp³-hybridized carbons (Fsp3) is 0.517. The zero-order valence-corrected chi connectivity index (χ0v) is 21.8. The zero-order chi connectivity index (χ0) is 25.8. The molecule has 192 valence electrons. The number of aliphatic hydroxyl groups is 1. The molecule has 3 unspecified atom stereocenters. The van der Waals surface area contributed by atoms with Crippen LogP contribution in [0.2, 0.25) is 0 Å². The number of amides is 2. The largest absolute Gasteiger partial charge is 0.444 e. The first kappa shape index (κ1) is 28.4. The van der Waals surface area contributed by atoms with Gasteiger partial charge in [-0.25, -0.2) is 4.79 Å². The van der Waals surface area contributed by atoms with Gasteiger partial charge in [-0.3, -0.25) is 4.79 Å². The summed E-state index contributed by atoms with van der Waals surface area (Å²) in [6, 6.07) is 18.9. The van der Waals surface area contributed by atoms with Crippen molar-refractivity contribution in [2.24, 2.45) is 11.8 Å². The van der Waals surface area contributed by atoms with E-state index < -0.39 is 23.8 Å². The Balaban J connectivity index is 2.24. The monoisotopic (exact) mass is 482 g/mol. The Kier molecular flexibility index (Phi) is 11.3. The highest BCUT2D eigenvalue weighted by molar-refractivity contribution is 5.76. The first-order chi connectivity index (χ1) is 16.5. The van der Waals surface area contributed by atoms with E-state index in [9.17, 15) is 14.7 Å². The van der Waals surface area contributed by atoms with Gasteiger partial charge in [0.25, 0.3) is 0 Å². The summed E-state index contributed by atoms with van der Waals surface area (Å²) >= 11 is 0. The van der Waals surface area contributed by atoms with E-state index in [-0.39, 0.29) is 18.2 Å². The highest BCUT2D eigenvalue weighted by Gasteiger charge is 2.32. The molecule has 0 saturated heterocycles. The number of nitrogens with one attached hydrogen (secondary N) is 2. The molecule has 0 aliphatic rings. The molecule has 0 saturated carbocycles. The first-order valence-electron chi connectivity index (χ1n) is 12.6. The molecular weight excluding hydrogens is 440 g/mol. The van der Waals surface area contributed by atoms with Crippen LogP contribution >= 0.6 is 0 Å². The molecule has 0 heterocycles. The Morgan fingerprint density at radius 3 is 1.97 bits per heavy atom. The van der Waals surface area contributed by atoms with E-state index in [1.165, 1.54) is 0 Å². The van der Waals surface area contributed by atoms with Crippen LogP contribution in [0.3, 0.4) is 0 Å². The molecule has 3 N–H and O–H groups in total. The number of hydrogen-bond acceptors (Lipinski definition) is 4. The van der Waals surface area contributed by atoms with Crippen molar-refractivity contribution in [1.29, 1.82) is 0 Å². The molecule has 2 amide bonds. The lowest BCUT2D eigenvalue weighted by molar-refractivity contribution is -0.123. The highest BCUT2D eigenvalue weighted by atomic mass is 16.6. The van der Waals surface area contributed by atoms with E-state index in [0.29, 0.717) is 25.3 Å². The molecule has 3 atom stereocenters. The molecule has 0 aliphatic carbocycles. The Morgan fingerprint density at radius 1 is 0.914 bits per heavy atom. The lowest BCUT2D eigenvalue weighted by Crippen LogP contribution is -2.50. The number of ether oxygens (including phenoxy) is 1. The van der Waals surface area contributed by atoms with E-state index in [1.807, 2.05) is 60.7 Å². The van der Waals surface area contributed by atoms with Crippen molar-refractivity contribution in [3.05, 3.63) is 71.8 Å². The molecule has 6 heteroatoms. The van der Waals surface area contributed by atoms with Gasteiger partial charge in [0.15, 0.2) is 0 Å². The van der Waals surface area contributed by atoms with Crippen molar-refractivity contribution >= 4 is 12.0 Å².